The molecule has 1 aliphatic carbocycles. The fourth-order valence-electron chi connectivity index (χ4n) is 4.04. The van der Waals surface area contributed by atoms with Gasteiger partial charge < -0.3 is 9.64 Å². The summed E-state index contributed by atoms with van der Waals surface area (Å²) in [5.41, 5.74) is 0. The molecule has 2 atom stereocenters. The molecule has 0 bridgehead atoms. The molecule has 0 unspecified atom stereocenters. The molecule has 2 fully saturated rings. The third-order valence-electron chi connectivity index (χ3n) is 5.26. The summed E-state index contributed by atoms with van der Waals surface area (Å²) in [7, 11) is 0. The summed E-state index contributed by atoms with van der Waals surface area (Å²) >= 11 is 0. The first-order valence-corrected chi connectivity index (χ1v) is 9.38. The third kappa shape index (κ3) is 3.97. The van der Waals surface area contributed by atoms with Gasteiger partial charge in [-0.15, -0.1) is 0 Å². The number of carbonyl (C=O) groups is 1. The van der Waals surface area contributed by atoms with Crippen molar-refractivity contribution in [2.24, 2.45) is 0 Å². The second-order valence-corrected chi connectivity index (χ2v) is 7.27. The first-order chi connectivity index (χ1) is 11.5. The van der Waals surface area contributed by atoms with Crippen molar-refractivity contribution in [2.45, 2.75) is 84.0 Å². The highest BCUT2D eigenvalue weighted by molar-refractivity contribution is 5.80. The van der Waals surface area contributed by atoms with E-state index < -0.39 is 0 Å². The van der Waals surface area contributed by atoms with Crippen LogP contribution in [0.4, 0.5) is 0 Å². The van der Waals surface area contributed by atoms with Gasteiger partial charge in [-0.3, -0.25) is 4.79 Å². The van der Waals surface area contributed by atoms with Crippen molar-refractivity contribution >= 4 is 5.91 Å². The van der Waals surface area contributed by atoms with Crippen LogP contribution in [0.15, 0.2) is 0 Å². The summed E-state index contributed by atoms with van der Waals surface area (Å²) in [5, 5.41) is 4.50. The van der Waals surface area contributed by atoms with Crippen molar-refractivity contribution in [3.63, 3.8) is 0 Å². The maximum absolute atomic E-state index is 12.8. The molecular weight excluding hydrogens is 304 g/mol. The van der Waals surface area contributed by atoms with Gasteiger partial charge in [0, 0.05) is 13.1 Å². The van der Waals surface area contributed by atoms with Crippen molar-refractivity contribution in [3.8, 4) is 0 Å². The van der Waals surface area contributed by atoms with E-state index in [1.165, 1.54) is 19.3 Å². The predicted molar refractivity (Wildman–Crippen MR) is 91.8 cm³/mol. The van der Waals surface area contributed by atoms with Crippen LogP contribution in [-0.4, -0.2) is 50.9 Å². The number of nitrogens with zero attached hydrogens (tertiary/aromatic N) is 4. The van der Waals surface area contributed by atoms with Crippen LogP contribution < -0.4 is 0 Å². The molecule has 24 heavy (non-hydrogen) atoms. The summed E-state index contributed by atoms with van der Waals surface area (Å²) in [6.45, 7) is 7.33. The molecule has 1 saturated carbocycles. The molecule has 2 aliphatic rings. The normalized spacial score (nSPS) is 24.1. The lowest BCUT2D eigenvalue weighted by atomic mass is 9.97. The Morgan fingerprint density at radius 3 is 2.58 bits per heavy atom. The summed E-state index contributed by atoms with van der Waals surface area (Å²) in [4.78, 5) is 19.1. The SMILES string of the molecule is Cc1nc(C)n([C@@H]2CCCN(C(=O)[C@@H](C)OC3CCCCC3)C2)n1. The van der Waals surface area contributed by atoms with Crippen LogP contribution in [0.1, 0.15) is 69.6 Å². The van der Waals surface area contributed by atoms with E-state index in [4.69, 9.17) is 4.74 Å². The first-order valence-electron chi connectivity index (χ1n) is 9.38. The van der Waals surface area contributed by atoms with Gasteiger partial charge >= 0.3 is 0 Å². The molecule has 1 amide bonds. The average molecular weight is 334 g/mol. The van der Waals surface area contributed by atoms with Crippen LogP contribution in [-0.2, 0) is 9.53 Å². The number of amides is 1. The van der Waals surface area contributed by atoms with Crippen molar-refractivity contribution < 1.29 is 9.53 Å². The number of carbonyl (C=O) groups excluding carboxylic acids is 1. The highest BCUT2D eigenvalue weighted by Gasteiger charge is 2.30. The van der Waals surface area contributed by atoms with Crippen LogP contribution in [0.5, 0.6) is 0 Å². The fraction of sp³-hybridized carbons (Fsp3) is 0.833. The van der Waals surface area contributed by atoms with Gasteiger partial charge in [-0.25, -0.2) is 9.67 Å². The Morgan fingerprint density at radius 2 is 1.92 bits per heavy atom. The number of rotatable bonds is 4. The minimum Gasteiger partial charge on any atom is -0.365 e. The van der Waals surface area contributed by atoms with Gasteiger partial charge in [-0.2, -0.15) is 5.10 Å². The largest absolute Gasteiger partial charge is 0.365 e. The molecular formula is C18H30N4O2. The Hall–Kier alpha value is -1.43. The molecule has 0 aromatic carbocycles. The van der Waals surface area contributed by atoms with Crippen LogP contribution in [0.3, 0.4) is 0 Å². The number of ether oxygens (including phenoxy) is 1. The van der Waals surface area contributed by atoms with Crippen LogP contribution in [0, 0.1) is 13.8 Å². The monoisotopic (exact) mass is 334 g/mol. The predicted octanol–water partition coefficient (Wildman–Crippen LogP) is 2.80. The van der Waals surface area contributed by atoms with Gasteiger partial charge in [0.25, 0.3) is 5.91 Å². The zero-order valence-electron chi connectivity index (χ0n) is 15.2. The number of piperidine rings is 1. The molecule has 0 spiro atoms. The van der Waals surface area contributed by atoms with Crippen LogP contribution >= 0.6 is 0 Å². The van der Waals surface area contributed by atoms with E-state index in [1.54, 1.807) is 0 Å². The van der Waals surface area contributed by atoms with Gasteiger partial charge in [0.1, 0.15) is 17.8 Å². The number of hydrogen-bond acceptors (Lipinski definition) is 4. The standard InChI is InChI=1S/C18H30N4O2/c1-13(24-17-9-5-4-6-10-17)18(23)21-11-7-8-16(12-21)22-15(3)19-14(2)20-22/h13,16-17H,4-12H2,1-3H3/t13-,16-/m1/s1. The highest BCUT2D eigenvalue weighted by Crippen LogP contribution is 2.25. The molecule has 6 nitrogen and oxygen atoms in total. The number of aromatic nitrogens is 3. The molecule has 0 radical (unpaired) electrons. The molecule has 0 N–H and O–H groups in total. The van der Waals surface area contributed by atoms with E-state index in [0.29, 0.717) is 6.54 Å². The summed E-state index contributed by atoms with van der Waals surface area (Å²) in [6, 6.07) is 0.228. The zero-order chi connectivity index (χ0) is 17.1. The second-order valence-electron chi connectivity index (χ2n) is 7.27. The van der Waals surface area contributed by atoms with E-state index in [2.05, 4.69) is 10.1 Å². The maximum Gasteiger partial charge on any atom is 0.251 e. The summed E-state index contributed by atoms with van der Waals surface area (Å²) < 4.78 is 8.04. The lowest BCUT2D eigenvalue weighted by molar-refractivity contribution is -0.149. The fourth-order valence-corrected chi connectivity index (χ4v) is 4.04. The summed E-state index contributed by atoms with van der Waals surface area (Å²) in [6.07, 6.45) is 7.91. The third-order valence-corrected chi connectivity index (χ3v) is 5.26. The Bertz CT molecular complexity index is 565. The molecule has 1 saturated heterocycles. The zero-order valence-corrected chi connectivity index (χ0v) is 15.2. The van der Waals surface area contributed by atoms with Crippen LogP contribution in [0.25, 0.3) is 0 Å². The van der Waals surface area contributed by atoms with Gasteiger partial charge in [-0.05, 0) is 46.5 Å². The molecule has 134 valence electrons. The number of likely N-dealkylation sites (tertiary alicyclic amines) is 1. The lowest BCUT2D eigenvalue weighted by Crippen LogP contribution is -2.46. The van der Waals surface area contributed by atoms with Crippen molar-refractivity contribution in [2.75, 3.05) is 13.1 Å². The molecule has 6 heteroatoms. The average Bonchev–Trinajstić information content (AvgIpc) is 2.93. The highest BCUT2D eigenvalue weighted by atomic mass is 16.5. The van der Waals surface area contributed by atoms with Crippen molar-refractivity contribution in [1.29, 1.82) is 0 Å². The van der Waals surface area contributed by atoms with Crippen molar-refractivity contribution in [1.82, 2.24) is 19.7 Å². The van der Waals surface area contributed by atoms with Gasteiger partial charge in [0.2, 0.25) is 0 Å². The van der Waals surface area contributed by atoms with E-state index in [1.807, 2.05) is 30.4 Å². The minimum atomic E-state index is -0.342. The Morgan fingerprint density at radius 1 is 1.17 bits per heavy atom. The molecule has 2 heterocycles. The van der Waals surface area contributed by atoms with E-state index in [-0.39, 0.29) is 24.2 Å². The lowest BCUT2D eigenvalue weighted by Gasteiger charge is -2.35. The number of hydrogen-bond donors (Lipinski definition) is 0. The topological polar surface area (TPSA) is 60.2 Å². The Balaban J connectivity index is 1.59. The Kier molecular flexibility index (Phi) is 5.54. The quantitative estimate of drug-likeness (QED) is 0.849. The van der Waals surface area contributed by atoms with Gasteiger partial charge in [-0.1, -0.05) is 19.3 Å². The van der Waals surface area contributed by atoms with Gasteiger partial charge in [0.05, 0.1) is 12.1 Å². The first kappa shape index (κ1) is 17.4. The second kappa shape index (κ2) is 7.64. The molecule has 1 aromatic rings. The number of aryl methyl sites for hydroxylation is 2. The van der Waals surface area contributed by atoms with E-state index >= 15 is 0 Å². The van der Waals surface area contributed by atoms with Gasteiger partial charge in [0.15, 0.2) is 0 Å². The minimum absolute atomic E-state index is 0.125. The molecule has 1 aromatic heterocycles. The van der Waals surface area contributed by atoms with E-state index in [0.717, 1.165) is 43.9 Å². The molecule has 1 aliphatic heterocycles. The summed E-state index contributed by atoms with van der Waals surface area (Å²) in [5.74, 6) is 1.85. The van der Waals surface area contributed by atoms with Crippen molar-refractivity contribution in [3.05, 3.63) is 11.6 Å². The Labute approximate surface area is 144 Å². The smallest absolute Gasteiger partial charge is 0.251 e. The van der Waals surface area contributed by atoms with Crippen LogP contribution in [0.2, 0.25) is 0 Å². The molecule has 3 rings (SSSR count). The maximum atomic E-state index is 12.8. The van der Waals surface area contributed by atoms with E-state index in [9.17, 15) is 4.79 Å².